The van der Waals surface area contributed by atoms with Crippen LogP contribution < -0.4 is 24.8 Å². The quantitative estimate of drug-likeness (QED) is 0.345. The van der Waals surface area contributed by atoms with E-state index >= 15 is 0 Å². The van der Waals surface area contributed by atoms with E-state index < -0.39 is 21.3 Å². The number of hydrogen-bond acceptors (Lipinski definition) is 0. The molecule has 0 amide bonds. The third-order valence-corrected chi connectivity index (χ3v) is 18.3. The smallest absolute Gasteiger partial charge is 1.00 e. The molecule has 1 atom stereocenters. The zero-order valence-electron chi connectivity index (χ0n) is 29.3. The molecule has 0 bridgehead atoms. The Labute approximate surface area is 288 Å². The Kier molecular flexibility index (Phi) is 10.9. The van der Waals surface area contributed by atoms with E-state index in [0.717, 1.165) is 0 Å². The van der Waals surface area contributed by atoms with Crippen molar-refractivity contribution in [3.63, 3.8) is 0 Å². The van der Waals surface area contributed by atoms with Gasteiger partial charge in [0.25, 0.3) is 0 Å². The molecule has 0 N–H and O–H groups in total. The van der Waals surface area contributed by atoms with Crippen molar-refractivity contribution in [3.8, 4) is 11.1 Å². The van der Waals surface area contributed by atoms with E-state index in [9.17, 15) is 0 Å². The third kappa shape index (κ3) is 6.78. The van der Waals surface area contributed by atoms with E-state index in [1.165, 1.54) is 44.5 Å². The zero-order chi connectivity index (χ0) is 30.9. The molecule has 3 aromatic rings. The van der Waals surface area contributed by atoms with Crippen molar-refractivity contribution in [2.45, 2.75) is 104 Å². The zero-order valence-corrected chi connectivity index (χ0v) is 33.2. The van der Waals surface area contributed by atoms with Gasteiger partial charge in [0, 0.05) is 0 Å². The molecule has 5 rings (SSSR count). The SMILES string of the molecule is C/[C](c1ccccc1)=[Zr+2](/[C]1=CC(C(C)(C)C)=CC1C)[CH]1c2cc(C)c(C(C)(C)C)cc2-c2cc(C(C)(C)C)c(C)cc21.[Cl-].[Cl-]. The van der Waals surface area contributed by atoms with Gasteiger partial charge in [-0.1, -0.05) is 0 Å². The molecule has 0 nitrogen and oxygen atoms in total. The summed E-state index contributed by atoms with van der Waals surface area (Å²) >= 11 is -2.57. The molecule has 3 heteroatoms. The molecule has 0 fully saturated rings. The van der Waals surface area contributed by atoms with Crippen LogP contribution in [0.1, 0.15) is 119 Å². The van der Waals surface area contributed by atoms with Crippen LogP contribution >= 0.6 is 0 Å². The summed E-state index contributed by atoms with van der Waals surface area (Å²) in [4.78, 5) is 0. The van der Waals surface area contributed by atoms with Crippen molar-refractivity contribution in [1.82, 2.24) is 0 Å². The minimum atomic E-state index is -2.57. The molecule has 3 aromatic carbocycles. The first-order chi connectivity index (χ1) is 19.4. The maximum atomic E-state index is 2.65. The number of allylic oxidation sites excluding steroid dienone is 4. The first-order valence-electron chi connectivity index (χ1n) is 15.9. The second kappa shape index (κ2) is 12.9. The van der Waals surface area contributed by atoms with E-state index in [0.29, 0.717) is 9.54 Å². The minimum Gasteiger partial charge on any atom is -1.00 e. The van der Waals surface area contributed by atoms with Crippen LogP contribution in [-0.4, -0.2) is 3.21 Å². The van der Waals surface area contributed by atoms with E-state index in [1.807, 2.05) is 0 Å². The monoisotopic (exact) mass is 704 g/mol. The van der Waals surface area contributed by atoms with Gasteiger partial charge in [-0.15, -0.1) is 0 Å². The molecule has 44 heavy (non-hydrogen) atoms. The largest absolute Gasteiger partial charge is 1.00 e. The summed E-state index contributed by atoms with van der Waals surface area (Å²) in [6, 6.07) is 21.7. The van der Waals surface area contributed by atoms with Crippen LogP contribution in [0.5, 0.6) is 0 Å². The van der Waals surface area contributed by atoms with Crippen LogP contribution in [0.25, 0.3) is 11.1 Å². The average molecular weight is 707 g/mol. The molecule has 0 radical (unpaired) electrons. The Balaban J connectivity index is 0.00000264. The Morgan fingerprint density at radius 1 is 0.659 bits per heavy atom. The predicted octanol–water partition coefficient (Wildman–Crippen LogP) is 5.34. The van der Waals surface area contributed by atoms with Gasteiger partial charge in [0.15, 0.2) is 0 Å². The summed E-state index contributed by atoms with van der Waals surface area (Å²) in [6.07, 6.45) is 5.23. The molecule has 0 spiro atoms. The summed E-state index contributed by atoms with van der Waals surface area (Å²) < 4.78 is 3.89. The van der Waals surface area contributed by atoms with Crippen molar-refractivity contribution < 1.29 is 46.1 Å². The molecule has 0 aromatic heterocycles. The fourth-order valence-electron chi connectivity index (χ4n) is 7.44. The third-order valence-electron chi connectivity index (χ3n) is 9.63. The van der Waals surface area contributed by atoms with Crippen LogP contribution in [-0.2, 0) is 32.1 Å². The van der Waals surface area contributed by atoms with Gasteiger partial charge in [0.2, 0.25) is 0 Å². The normalized spacial score (nSPS) is 16.8. The molecule has 2 aliphatic carbocycles. The van der Waals surface area contributed by atoms with Crippen molar-refractivity contribution in [1.29, 1.82) is 0 Å². The molecule has 234 valence electrons. The van der Waals surface area contributed by atoms with E-state index in [-0.39, 0.29) is 41.1 Å². The summed E-state index contributed by atoms with van der Waals surface area (Å²) in [7, 11) is 0. The molecule has 0 saturated heterocycles. The van der Waals surface area contributed by atoms with Crippen molar-refractivity contribution in [2.24, 2.45) is 11.3 Å². The Morgan fingerprint density at radius 3 is 1.50 bits per heavy atom. The van der Waals surface area contributed by atoms with Gasteiger partial charge in [-0.25, -0.2) is 0 Å². The number of aryl methyl sites for hydroxylation is 2. The number of benzene rings is 3. The van der Waals surface area contributed by atoms with Crippen molar-refractivity contribution in [3.05, 3.63) is 115 Å². The van der Waals surface area contributed by atoms with Gasteiger partial charge in [-0.05, 0) is 0 Å². The molecule has 0 heterocycles. The van der Waals surface area contributed by atoms with Gasteiger partial charge in [-0.3, -0.25) is 0 Å². The second-order valence-corrected chi connectivity index (χ2v) is 22.8. The second-order valence-electron chi connectivity index (χ2n) is 16.1. The van der Waals surface area contributed by atoms with E-state index in [2.05, 4.69) is 157 Å². The summed E-state index contributed by atoms with van der Waals surface area (Å²) in [5, 5.41) is 0. The molecule has 0 saturated carbocycles. The van der Waals surface area contributed by atoms with E-state index in [4.69, 9.17) is 0 Å². The van der Waals surface area contributed by atoms with Gasteiger partial charge >= 0.3 is 266 Å². The van der Waals surface area contributed by atoms with Gasteiger partial charge in [0.1, 0.15) is 0 Å². The summed E-state index contributed by atoms with van der Waals surface area (Å²) in [6.45, 7) is 30.9. The number of rotatable bonds is 3. The van der Waals surface area contributed by atoms with Gasteiger partial charge in [-0.2, -0.15) is 0 Å². The molecule has 2 aliphatic rings. The summed E-state index contributed by atoms with van der Waals surface area (Å²) in [5.41, 5.74) is 15.3. The first-order valence-corrected chi connectivity index (χ1v) is 19.8. The maximum Gasteiger partial charge on any atom is -1.00 e. The Bertz CT molecular complexity index is 1580. The van der Waals surface area contributed by atoms with Crippen LogP contribution in [0.3, 0.4) is 0 Å². The average Bonchev–Trinajstić information content (AvgIpc) is 3.40. The minimum absolute atomic E-state index is 0. The Hall–Kier alpha value is -1.53. The van der Waals surface area contributed by atoms with Crippen LogP contribution in [0.4, 0.5) is 0 Å². The van der Waals surface area contributed by atoms with Crippen molar-refractivity contribution in [2.75, 3.05) is 0 Å². The van der Waals surface area contributed by atoms with Crippen LogP contribution in [0.15, 0.2) is 75.6 Å². The van der Waals surface area contributed by atoms with Crippen LogP contribution in [0, 0.1) is 25.2 Å². The molecular weight excluding hydrogens is 655 g/mol. The predicted molar refractivity (Wildman–Crippen MR) is 182 cm³/mol. The standard InChI is InChI=1S/C23H29.C10H15.C8H8.2ClH.Zr/c1-14-9-16-11-17-10-15(2)21(23(6,7)8)13-19(17)18(16)12-20(14)22(3,4)5;1-8-5-6-9(7-8)10(2,3)4;1-2-8-6-4-3-5-7-8;;;/h9-13H,1-8H3;6-8H,1-4H3;3-7H,1H3;2*1H;/q;;;;;+2/p-2. The first kappa shape index (κ1) is 36.9. The maximum absolute atomic E-state index is 2.65. The fraction of sp³-hybridized carbons (Fsp3) is 0.439. The van der Waals surface area contributed by atoms with Gasteiger partial charge in [0.05, 0.1) is 0 Å². The molecule has 0 aliphatic heterocycles. The van der Waals surface area contributed by atoms with Crippen molar-refractivity contribution >= 4 is 3.21 Å². The number of fused-ring (bicyclic) bond motifs is 3. The number of halogens is 2. The molecular formula is C41H52Cl2Zr. The molecule has 1 unspecified atom stereocenters. The van der Waals surface area contributed by atoms with Gasteiger partial charge < -0.3 is 24.8 Å². The Morgan fingerprint density at radius 2 is 1.11 bits per heavy atom. The summed E-state index contributed by atoms with van der Waals surface area (Å²) in [5.74, 6) is 0.490. The van der Waals surface area contributed by atoms with E-state index in [1.54, 1.807) is 17.6 Å². The fourth-order valence-corrected chi connectivity index (χ4v) is 16.4. The number of hydrogen-bond donors (Lipinski definition) is 0. The topological polar surface area (TPSA) is 0 Å². The van der Waals surface area contributed by atoms with Crippen LogP contribution in [0.2, 0.25) is 0 Å².